The SMILES string of the molecule is CC(=O)C(Cc1ccccc1)Oc1ccccc1[N+](=O)[O-]. The summed E-state index contributed by atoms with van der Waals surface area (Å²) in [4.78, 5) is 22.2. The number of ether oxygens (including phenoxy) is 1. The quantitative estimate of drug-likeness (QED) is 0.603. The van der Waals surface area contributed by atoms with Crippen molar-refractivity contribution in [3.05, 3.63) is 70.3 Å². The summed E-state index contributed by atoms with van der Waals surface area (Å²) in [6.07, 6.45) is -0.365. The maximum absolute atomic E-state index is 11.7. The number of para-hydroxylation sites is 2. The minimum Gasteiger partial charge on any atom is -0.475 e. The Morgan fingerprint density at radius 3 is 2.38 bits per heavy atom. The first-order chi connectivity index (χ1) is 10.1. The second-order valence-corrected chi connectivity index (χ2v) is 4.63. The number of Topliss-reactive ketones (excluding diaryl/α,β-unsaturated/α-hetero) is 1. The zero-order valence-corrected chi connectivity index (χ0v) is 11.6. The van der Waals surface area contributed by atoms with Crippen molar-refractivity contribution in [3.63, 3.8) is 0 Å². The van der Waals surface area contributed by atoms with Crippen LogP contribution in [0.25, 0.3) is 0 Å². The number of nitro benzene ring substituents is 1. The second kappa shape index (κ2) is 6.65. The average Bonchev–Trinajstić information content (AvgIpc) is 2.48. The van der Waals surface area contributed by atoms with Gasteiger partial charge in [0.05, 0.1) is 4.92 Å². The van der Waals surface area contributed by atoms with Crippen LogP contribution in [0.2, 0.25) is 0 Å². The van der Waals surface area contributed by atoms with Crippen LogP contribution in [0.5, 0.6) is 5.75 Å². The summed E-state index contributed by atoms with van der Waals surface area (Å²) in [6, 6.07) is 15.5. The molecule has 5 nitrogen and oxygen atoms in total. The molecule has 2 aromatic carbocycles. The lowest BCUT2D eigenvalue weighted by Gasteiger charge is -2.16. The smallest absolute Gasteiger partial charge is 0.310 e. The van der Waals surface area contributed by atoms with Crippen molar-refractivity contribution in [2.45, 2.75) is 19.4 Å². The third-order valence-electron chi connectivity index (χ3n) is 3.05. The number of nitrogens with zero attached hydrogens (tertiary/aromatic N) is 1. The highest BCUT2D eigenvalue weighted by atomic mass is 16.6. The van der Waals surface area contributed by atoms with Gasteiger partial charge in [0.1, 0.15) is 0 Å². The molecule has 108 valence electrons. The van der Waals surface area contributed by atoms with Crippen LogP contribution < -0.4 is 4.74 Å². The van der Waals surface area contributed by atoms with Crippen LogP contribution in [0.15, 0.2) is 54.6 Å². The fourth-order valence-electron chi connectivity index (χ4n) is 1.96. The van der Waals surface area contributed by atoms with E-state index >= 15 is 0 Å². The zero-order valence-electron chi connectivity index (χ0n) is 11.6. The van der Waals surface area contributed by atoms with Crippen molar-refractivity contribution in [2.24, 2.45) is 0 Å². The Labute approximate surface area is 122 Å². The molecule has 0 aliphatic carbocycles. The summed E-state index contributed by atoms with van der Waals surface area (Å²) >= 11 is 0. The minimum absolute atomic E-state index is 0.110. The first-order valence-electron chi connectivity index (χ1n) is 6.52. The summed E-state index contributed by atoms with van der Waals surface area (Å²) in [6.45, 7) is 1.42. The van der Waals surface area contributed by atoms with E-state index in [-0.39, 0.29) is 17.2 Å². The molecule has 2 aromatic rings. The van der Waals surface area contributed by atoms with E-state index in [0.29, 0.717) is 6.42 Å². The highest BCUT2D eigenvalue weighted by molar-refractivity contribution is 5.81. The van der Waals surface area contributed by atoms with Crippen LogP contribution in [-0.2, 0) is 11.2 Å². The molecule has 1 unspecified atom stereocenters. The normalized spacial score (nSPS) is 11.7. The van der Waals surface area contributed by atoms with Gasteiger partial charge in [-0.05, 0) is 18.6 Å². The summed E-state index contributed by atoms with van der Waals surface area (Å²) in [5.74, 6) is -0.0596. The highest BCUT2D eigenvalue weighted by Gasteiger charge is 2.22. The van der Waals surface area contributed by atoms with Crippen LogP contribution in [0.1, 0.15) is 12.5 Å². The number of hydrogen-bond donors (Lipinski definition) is 0. The molecule has 5 heteroatoms. The van der Waals surface area contributed by atoms with Crippen LogP contribution in [-0.4, -0.2) is 16.8 Å². The van der Waals surface area contributed by atoms with E-state index < -0.39 is 11.0 Å². The Morgan fingerprint density at radius 2 is 1.76 bits per heavy atom. The molecule has 1 atom stereocenters. The maximum Gasteiger partial charge on any atom is 0.310 e. The van der Waals surface area contributed by atoms with E-state index in [1.807, 2.05) is 30.3 Å². The molecule has 0 fully saturated rings. The van der Waals surface area contributed by atoms with Gasteiger partial charge >= 0.3 is 5.69 Å². The number of ketones is 1. The number of carbonyl (C=O) groups is 1. The average molecular weight is 285 g/mol. The summed E-state index contributed by atoms with van der Waals surface area (Å²) in [5.41, 5.74) is 0.799. The number of benzene rings is 2. The molecule has 21 heavy (non-hydrogen) atoms. The lowest BCUT2D eigenvalue weighted by Crippen LogP contribution is -2.27. The van der Waals surface area contributed by atoms with Gasteiger partial charge in [-0.2, -0.15) is 0 Å². The van der Waals surface area contributed by atoms with E-state index in [1.54, 1.807) is 12.1 Å². The molecule has 0 saturated heterocycles. The molecule has 0 spiro atoms. The Morgan fingerprint density at radius 1 is 1.14 bits per heavy atom. The first-order valence-corrected chi connectivity index (χ1v) is 6.52. The predicted molar refractivity (Wildman–Crippen MR) is 78.3 cm³/mol. The van der Waals surface area contributed by atoms with Gasteiger partial charge in [-0.25, -0.2) is 0 Å². The van der Waals surface area contributed by atoms with Gasteiger partial charge in [0.2, 0.25) is 0 Å². The lowest BCUT2D eigenvalue weighted by molar-refractivity contribution is -0.386. The van der Waals surface area contributed by atoms with Crippen molar-refractivity contribution < 1.29 is 14.5 Å². The van der Waals surface area contributed by atoms with E-state index in [9.17, 15) is 14.9 Å². The van der Waals surface area contributed by atoms with Crippen molar-refractivity contribution in [2.75, 3.05) is 0 Å². The molecule has 0 aliphatic heterocycles. The maximum atomic E-state index is 11.7. The van der Waals surface area contributed by atoms with Crippen molar-refractivity contribution in [3.8, 4) is 5.75 Å². The molecule has 0 heterocycles. The van der Waals surface area contributed by atoms with Crippen LogP contribution in [0.4, 0.5) is 5.69 Å². The summed E-state index contributed by atoms with van der Waals surface area (Å²) < 4.78 is 5.58. The van der Waals surface area contributed by atoms with E-state index in [2.05, 4.69) is 0 Å². The summed E-state index contributed by atoms with van der Waals surface area (Å²) in [7, 11) is 0. The molecule has 0 saturated carbocycles. The Balaban J connectivity index is 2.21. The molecule has 0 radical (unpaired) electrons. The van der Waals surface area contributed by atoms with Crippen molar-refractivity contribution in [1.82, 2.24) is 0 Å². The van der Waals surface area contributed by atoms with Gasteiger partial charge in [-0.15, -0.1) is 0 Å². The monoisotopic (exact) mass is 285 g/mol. The Bertz CT molecular complexity index is 640. The Kier molecular flexibility index (Phi) is 4.66. The van der Waals surface area contributed by atoms with Gasteiger partial charge in [0, 0.05) is 12.5 Å². The van der Waals surface area contributed by atoms with Crippen LogP contribution in [0.3, 0.4) is 0 Å². The molecule has 2 rings (SSSR count). The van der Waals surface area contributed by atoms with Gasteiger partial charge in [0.25, 0.3) is 0 Å². The standard InChI is InChI=1S/C16H15NO4/c1-12(18)16(11-13-7-3-2-4-8-13)21-15-10-6-5-9-14(15)17(19)20/h2-10,16H,11H2,1H3. The van der Waals surface area contributed by atoms with E-state index in [0.717, 1.165) is 5.56 Å². The van der Waals surface area contributed by atoms with Gasteiger partial charge in [-0.3, -0.25) is 14.9 Å². The van der Waals surface area contributed by atoms with Crippen molar-refractivity contribution >= 4 is 11.5 Å². The molecule has 0 amide bonds. The van der Waals surface area contributed by atoms with E-state index in [1.165, 1.54) is 19.1 Å². The Hall–Kier alpha value is -2.69. The molecular formula is C16H15NO4. The molecule has 0 bridgehead atoms. The molecular weight excluding hydrogens is 270 g/mol. The number of carbonyl (C=O) groups excluding carboxylic acids is 1. The summed E-state index contributed by atoms with van der Waals surface area (Å²) in [5, 5.41) is 11.0. The largest absolute Gasteiger partial charge is 0.475 e. The third-order valence-corrected chi connectivity index (χ3v) is 3.05. The van der Waals surface area contributed by atoms with Crippen LogP contribution in [0, 0.1) is 10.1 Å². The number of hydrogen-bond acceptors (Lipinski definition) is 4. The molecule has 0 aliphatic rings. The second-order valence-electron chi connectivity index (χ2n) is 4.63. The number of rotatable bonds is 6. The molecule has 0 N–H and O–H groups in total. The fraction of sp³-hybridized carbons (Fsp3) is 0.188. The third kappa shape index (κ3) is 3.89. The van der Waals surface area contributed by atoms with Crippen molar-refractivity contribution in [1.29, 1.82) is 0 Å². The first kappa shape index (κ1) is 14.7. The lowest BCUT2D eigenvalue weighted by atomic mass is 10.1. The van der Waals surface area contributed by atoms with Crippen LogP contribution >= 0.6 is 0 Å². The predicted octanol–water partition coefficient (Wildman–Crippen LogP) is 3.17. The fourth-order valence-corrected chi connectivity index (χ4v) is 1.96. The topological polar surface area (TPSA) is 69.4 Å². The van der Waals surface area contributed by atoms with E-state index in [4.69, 9.17) is 4.74 Å². The van der Waals surface area contributed by atoms with Gasteiger partial charge in [0.15, 0.2) is 17.6 Å². The van der Waals surface area contributed by atoms with Gasteiger partial charge in [-0.1, -0.05) is 42.5 Å². The highest BCUT2D eigenvalue weighted by Crippen LogP contribution is 2.27. The minimum atomic E-state index is -0.742. The number of nitro groups is 1. The zero-order chi connectivity index (χ0) is 15.2. The molecule has 0 aromatic heterocycles. The van der Waals surface area contributed by atoms with Gasteiger partial charge < -0.3 is 4.74 Å².